The molecule has 33 heavy (non-hydrogen) atoms. The zero-order valence-corrected chi connectivity index (χ0v) is 19.7. The van der Waals surface area contributed by atoms with E-state index in [-0.39, 0.29) is 17.4 Å². The second-order valence-electron chi connectivity index (χ2n) is 7.60. The molecule has 0 aromatic heterocycles. The lowest BCUT2D eigenvalue weighted by molar-refractivity contribution is 0.0525. The highest BCUT2D eigenvalue weighted by atomic mass is 32.2. The van der Waals surface area contributed by atoms with Crippen molar-refractivity contribution < 1.29 is 22.7 Å². The fourth-order valence-corrected chi connectivity index (χ4v) is 4.37. The van der Waals surface area contributed by atoms with Crippen LogP contribution in [0.1, 0.15) is 44.3 Å². The molecule has 3 aromatic carbocycles. The van der Waals surface area contributed by atoms with Crippen LogP contribution in [0.3, 0.4) is 0 Å². The predicted molar refractivity (Wildman–Crippen MR) is 128 cm³/mol. The highest BCUT2D eigenvalue weighted by molar-refractivity contribution is 7.92. The van der Waals surface area contributed by atoms with E-state index >= 15 is 0 Å². The normalized spacial score (nSPS) is 11.0. The second kappa shape index (κ2) is 9.87. The largest absolute Gasteiger partial charge is 0.462 e. The van der Waals surface area contributed by atoms with Crippen LogP contribution >= 0.6 is 0 Å². The Bertz CT molecular complexity index is 1300. The fraction of sp³-hybridized carbons (Fsp3) is 0.200. The summed E-state index contributed by atoms with van der Waals surface area (Å²) in [6, 6.07) is 16.3. The van der Waals surface area contributed by atoms with Gasteiger partial charge < -0.3 is 10.1 Å². The third-order valence-corrected chi connectivity index (χ3v) is 6.52. The Kier molecular flexibility index (Phi) is 7.18. The molecule has 0 atom stereocenters. The van der Waals surface area contributed by atoms with Gasteiger partial charge in [0, 0.05) is 11.3 Å². The lowest BCUT2D eigenvalue weighted by Gasteiger charge is -2.14. The van der Waals surface area contributed by atoms with Gasteiger partial charge in [-0.1, -0.05) is 23.8 Å². The lowest BCUT2D eigenvalue weighted by atomic mass is 10.1. The third kappa shape index (κ3) is 5.59. The van der Waals surface area contributed by atoms with Crippen molar-refractivity contribution in [2.45, 2.75) is 32.6 Å². The molecule has 0 saturated carbocycles. The van der Waals surface area contributed by atoms with Gasteiger partial charge in [0.1, 0.15) is 0 Å². The van der Waals surface area contributed by atoms with Crippen molar-refractivity contribution in [2.75, 3.05) is 16.6 Å². The van der Waals surface area contributed by atoms with Crippen molar-refractivity contribution in [1.82, 2.24) is 0 Å². The minimum atomic E-state index is -3.75. The Balaban J connectivity index is 1.79. The van der Waals surface area contributed by atoms with Crippen molar-refractivity contribution in [2.24, 2.45) is 0 Å². The van der Waals surface area contributed by atoms with Crippen LogP contribution in [0.15, 0.2) is 65.6 Å². The number of esters is 1. The summed E-state index contributed by atoms with van der Waals surface area (Å²) in [4.78, 5) is 25.1. The zero-order chi connectivity index (χ0) is 24.2. The van der Waals surface area contributed by atoms with E-state index in [1.165, 1.54) is 0 Å². The van der Waals surface area contributed by atoms with Gasteiger partial charge in [0.05, 0.1) is 22.8 Å². The van der Waals surface area contributed by atoms with E-state index in [1.54, 1.807) is 81.4 Å². The number of rotatable bonds is 7. The van der Waals surface area contributed by atoms with E-state index in [0.29, 0.717) is 33.6 Å². The molecular weight excluding hydrogens is 440 g/mol. The van der Waals surface area contributed by atoms with Gasteiger partial charge in [-0.15, -0.1) is 0 Å². The van der Waals surface area contributed by atoms with Gasteiger partial charge in [-0.25, -0.2) is 13.2 Å². The van der Waals surface area contributed by atoms with Crippen LogP contribution in [0.2, 0.25) is 0 Å². The summed E-state index contributed by atoms with van der Waals surface area (Å²) in [6.07, 6.45) is 0. The number of sulfonamides is 1. The number of anilines is 2. The van der Waals surface area contributed by atoms with Crippen LogP contribution in [0.4, 0.5) is 11.4 Å². The topological polar surface area (TPSA) is 102 Å². The molecule has 0 aliphatic carbocycles. The van der Waals surface area contributed by atoms with E-state index in [4.69, 9.17) is 4.74 Å². The Hall–Kier alpha value is -3.65. The van der Waals surface area contributed by atoms with Crippen LogP contribution in [0.5, 0.6) is 0 Å². The smallest absolute Gasteiger partial charge is 0.338 e. The van der Waals surface area contributed by atoms with Gasteiger partial charge in [-0.05, 0) is 81.3 Å². The van der Waals surface area contributed by atoms with Crippen molar-refractivity contribution >= 4 is 33.3 Å². The summed E-state index contributed by atoms with van der Waals surface area (Å²) < 4.78 is 33.0. The van der Waals surface area contributed by atoms with E-state index < -0.39 is 16.0 Å². The molecule has 0 heterocycles. The quantitative estimate of drug-likeness (QED) is 0.485. The van der Waals surface area contributed by atoms with Crippen molar-refractivity contribution in [3.8, 4) is 0 Å². The number of ether oxygens (including phenoxy) is 1. The number of carbonyl (C=O) groups excluding carboxylic acids is 2. The Labute approximate surface area is 193 Å². The van der Waals surface area contributed by atoms with Crippen molar-refractivity contribution in [3.63, 3.8) is 0 Å². The molecule has 0 unspecified atom stereocenters. The van der Waals surface area contributed by atoms with Crippen molar-refractivity contribution in [1.29, 1.82) is 0 Å². The molecule has 7 nitrogen and oxygen atoms in total. The molecule has 8 heteroatoms. The van der Waals surface area contributed by atoms with Gasteiger partial charge in [0.2, 0.25) is 0 Å². The van der Waals surface area contributed by atoms with Crippen LogP contribution in [0.25, 0.3) is 0 Å². The molecule has 0 aliphatic heterocycles. The molecule has 0 radical (unpaired) electrons. The first-order valence-corrected chi connectivity index (χ1v) is 11.9. The van der Waals surface area contributed by atoms with Crippen molar-refractivity contribution in [3.05, 3.63) is 88.5 Å². The molecule has 0 spiro atoms. The molecule has 0 aliphatic rings. The van der Waals surface area contributed by atoms with Crippen LogP contribution < -0.4 is 10.0 Å². The molecule has 2 N–H and O–H groups in total. The fourth-order valence-electron chi connectivity index (χ4n) is 3.24. The van der Waals surface area contributed by atoms with E-state index in [1.807, 2.05) is 6.92 Å². The molecule has 0 bridgehead atoms. The van der Waals surface area contributed by atoms with Gasteiger partial charge in [0.25, 0.3) is 15.9 Å². The second-order valence-corrected chi connectivity index (χ2v) is 9.28. The maximum absolute atomic E-state index is 12.8. The number of nitrogens with one attached hydrogen (secondary N) is 2. The Morgan fingerprint density at radius 1 is 0.909 bits per heavy atom. The molecule has 172 valence electrons. The summed E-state index contributed by atoms with van der Waals surface area (Å²) in [6.45, 7) is 7.32. The average molecular weight is 467 g/mol. The Morgan fingerprint density at radius 3 is 2.24 bits per heavy atom. The first-order chi connectivity index (χ1) is 15.6. The first-order valence-electron chi connectivity index (χ1n) is 10.4. The Morgan fingerprint density at radius 2 is 1.61 bits per heavy atom. The summed E-state index contributed by atoms with van der Waals surface area (Å²) in [5.41, 5.74) is 3.76. The molecular formula is C25H26N2O5S. The van der Waals surface area contributed by atoms with E-state index in [2.05, 4.69) is 10.0 Å². The molecule has 3 rings (SSSR count). The standard InChI is InChI=1S/C25H26N2O5S/c1-5-32-25(29)21-7-6-8-23(18(21)4)26-24(28)19-11-14-22(17(3)15-19)27-33(30,31)20-12-9-16(2)10-13-20/h6-15,27H,5H2,1-4H3,(H,26,28). The third-order valence-electron chi connectivity index (χ3n) is 5.14. The van der Waals surface area contributed by atoms with E-state index in [0.717, 1.165) is 5.56 Å². The summed E-state index contributed by atoms with van der Waals surface area (Å²) in [5.74, 6) is -0.831. The predicted octanol–water partition coefficient (Wildman–Crippen LogP) is 4.84. The van der Waals surface area contributed by atoms with Gasteiger partial charge in [-0.2, -0.15) is 0 Å². The molecule has 0 fully saturated rings. The number of aryl methyl sites for hydroxylation is 2. The monoisotopic (exact) mass is 466 g/mol. The first kappa shape index (κ1) is 24.0. The zero-order valence-electron chi connectivity index (χ0n) is 18.9. The van der Waals surface area contributed by atoms with Crippen LogP contribution in [-0.4, -0.2) is 26.9 Å². The number of amides is 1. The maximum atomic E-state index is 12.8. The number of hydrogen-bond donors (Lipinski definition) is 2. The van der Waals surface area contributed by atoms with E-state index in [9.17, 15) is 18.0 Å². The highest BCUT2D eigenvalue weighted by Gasteiger charge is 2.18. The SMILES string of the molecule is CCOC(=O)c1cccc(NC(=O)c2ccc(NS(=O)(=O)c3ccc(C)cc3)c(C)c2)c1C. The molecule has 3 aromatic rings. The lowest BCUT2D eigenvalue weighted by Crippen LogP contribution is -2.16. The number of hydrogen-bond acceptors (Lipinski definition) is 5. The minimum absolute atomic E-state index is 0.159. The van der Waals surface area contributed by atoms with Gasteiger partial charge >= 0.3 is 5.97 Å². The summed E-state index contributed by atoms with van der Waals surface area (Å²) in [5, 5.41) is 2.80. The molecule has 1 amide bonds. The number of benzene rings is 3. The summed E-state index contributed by atoms with van der Waals surface area (Å²) >= 11 is 0. The number of carbonyl (C=O) groups is 2. The molecule has 0 saturated heterocycles. The summed E-state index contributed by atoms with van der Waals surface area (Å²) in [7, 11) is -3.75. The van der Waals surface area contributed by atoms with Gasteiger partial charge in [0.15, 0.2) is 0 Å². The highest BCUT2D eigenvalue weighted by Crippen LogP contribution is 2.24. The van der Waals surface area contributed by atoms with Crippen LogP contribution in [-0.2, 0) is 14.8 Å². The minimum Gasteiger partial charge on any atom is -0.462 e. The van der Waals surface area contributed by atoms with Crippen LogP contribution in [0, 0.1) is 20.8 Å². The van der Waals surface area contributed by atoms with Gasteiger partial charge in [-0.3, -0.25) is 9.52 Å². The average Bonchev–Trinajstić information content (AvgIpc) is 2.77. The maximum Gasteiger partial charge on any atom is 0.338 e.